The number of aryl methyl sites for hydroxylation is 1. The molecule has 0 saturated heterocycles. The van der Waals surface area contributed by atoms with Crippen LogP contribution in [0.25, 0.3) is 11.1 Å². The van der Waals surface area contributed by atoms with E-state index in [-0.39, 0.29) is 5.97 Å². The average molecular weight is 216 g/mol. The number of carbonyl (C=O) groups is 1. The van der Waals surface area contributed by atoms with E-state index in [1.165, 1.54) is 7.11 Å². The summed E-state index contributed by atoms with van der Waals surface area (Å²) in [5.74, 6) is -0.336. The fraction of sp³-hybridized carbons (Fsp3) is 0.167. The van der Waals surface area contributed by atoms with Crippen molar-refractivity contribution < 1.29 is 9.53 Å². The number of ether oxygens (including phenoxy) is 1. The van der Waals surface area contributed by atoms with Gasteiger partial charge in [0, 0.05) is 36.8 Å². The molecule has 0 spiro atoms. The highest BCUT2D eigenvalue weighted by Crippen LogP contribution is 2.20. The molecule has 0 aliphatic heterocycles. The molecule has 0 N–H and O–H groups in total. The number of rotatable bonds is 2. The normalized spacial score (nSPS) is 10.1. The molecule has 4 nitrogen and oxygen atoms in total. The van der Waals surface area contributed by atoms with Crippen molar-refractivity contribution >= 4 is 5.97 Å². The summed E-state index contributed by atoms with van der Waals surface area (Å²) in [6.45, 7) is 0. The van der Waals surface area contributed by atoms with Crippen LogP contribution in [-0.2, 0) is 11.8 Å². The van der Waals surface area contributed by atoms with Gasteiger partial charge in [-0.2, -0.15) is 0 Å². The third-order valence-corrected chi connectivity index (χ3v) is 2.39. The number of hydrogen-bond donors (Lipinski definition) is 0. The van der Waals surface area contributed by atoms with Crippen molar-refractivity contribution in [1.29, 1.82) is 0 Å². The summed E-state index contributed by atoms with van der Waals surface area (Å²) < 4.78 is 6.44. The number of hydrogen-bond acceptors (Lipinski definition) is 3. The Kier molecular flexibility index (Phi) is 2.72. The Bertz CT molecular complexity index is 503. The lowest BCUT2D eigenvalue weighted by Crippen LogP contribution is -2.06. The molecule has 2 aromatic heterocycles. The Hall–Kier alpha value is -2.10. The summed E-state index contributed by atoms with van der Waals surface area (Å²) >= 11 is 0. The molecule has 2 aromatic rings. The molecule has 2 heterocycles. The van der Waals surface area contributed by atoms with E-state index >= 15 is 0 Å². The first-order valence-corrected chi connectivity index (χ1v) is 4.87. The zero-order chi connectivity index (χ0) is 11.5. The van der Waals surface area contributed by atoms with Crippen LogP contribution in [0.3, 0.4) is 0 Å². The molecule has 0 unspecified atom stereocenters. The number of pyridine rings is 1. The SMILES string of the molecule is COC(=O)c1cc(-c2cccnc2)cn1C. The van der Waals surface area contributed by atoms with Crippen molar-refractivity contribution in [2.24, 2.45) is 7.05 Å². The molecule has 16 heavy (non-hydrogen) atoms. The van der Waals surface area contributed by atoms with E-state index < -0.39 is 0 Å². The van der Waals surface area contributed by atoms with E-state index in [9.17, 15) is 4.79 Å². The van der Waals surface area contributed by atoms with Gasteiger partial charge in [-0.3, -0.25) is 4.98 Å². The standard InChI is InChI=1S/C12H12N2O2/c1-14-8-10(6-11(14)12(15)16-2)9-4-3-5-13-7-9/h3-8H,1-2H3. The van der Waals surface area contributed by atoms with E-state index in [2.05, 4.69) is 4.98 Å². The van der Waals surface area contributed by atoms with E-state index in [1.807, 2.05) is 25.4 Å². The smallest absolute Gasteiger partial charge is 0.354 e. The van der Waals surface area contributed by atoms with Crippen LogP contribution in [0.1, 0.15) is 10.5 Å². The van der Waals surface area contributed by atoms with Gasteiger partial charge in [0.25, 0.3) is 0 Å². The Balaban J connectivity index is 2.42. The van der Waals surface area contributed by atoms with Crippen LogP contribution < -0.4 is 0 Å². The summed E-state index contributed by atoms with van der Waals surface area (Å²) in [6.07, 6.45) is 5.35. The molecule has 0 bridgehead atoms. The van der Waals surface area contributed by atoms with Crippen LogP contribution in [0.15, 0.2) is 36.8 Å². The molecule has 0 aliphatic carbocycles. The number of aromatic nitrogens is 2. The van der Waals surface area contributed by atoms with E-state index in [4.69, 9.17) is 4.74 Å². The van der Waals surface area contributed by atoms with Gasteiger partial charge in [0.2, 0.25) is 0 Å². The molecule has 4 heteroatoms. The van der Waals surface area contributed by atoms with E-state index in [0.717, 1.165) is 11.1 Å². The zero-order valence-corrected chi connectivity index (χ0v) is 9.18. The number of methoxy groups -OCH3 is 1. The van der Waals surface area contributed by atoms with Crippen molar-refractivity contribution in [3.63, 3.8) is 0 Å². The van der Waals surface area contributed by atoms with Gasteiger partial charge in [0.15, 0.2) is 0 Å². The van der Waals surface area contributed by atoms with Crippen molar-refractivity contribution in [2.75, 3.05) is 7.11 Å². The van der Waals surface area contributed by atoms with E-state index in [1.54, 1.807) is 23.0 Å². The Morgan fingerprint density at radius 2 is 2.25 bits per heavy atom. The quantitative estimate of drug-likeness (QED) is 0.720. The molecule has 0 radical (unpaired) electrons. The average Bonchev–Trinajstić information content (AvgIpc) is 2.71. The molecule has 0 atom stereocenters. The van der Waals surface area contributed by atoms with Crippen molar-refractivity contribution in [3.05, 3.63) is 42.5 Å². The summed E-state index contributed by atoms with van der Waals surface area (Å²) in [4.78, 5) is 15.5. The summed E-state index contributed by atoms with van der Waals surface area (Å²) in [5.41, 5.74) is 2.46. The minimum absolute atomic E-state index is 0.336. The first-order valence-electron chi connectivity index (χ1n) is 4.87. The largest absolute Gasteiger partial charge is 0.464 e. The van der Waals surface area contributed by atoms with E-state index in [0.29, 0.717) is 5.69 Å². The minimum atomic E-state index is -0.336. The molecular formula is C12H12N2O2. The molecule has 0 fully saturated rings. The molecular weight excluding hydrogens is 204 g/mol. The van der Waals surface area contributed by atoms with Crippen LogP contribution in [0.4, 0.5) is 0 Å². The van der Waals surface area contributed by atoms with Gasteiger partial charge in [-0.15, -0.1) is 0 Å². The van der Waals surface area contributed by atoms with Crippen LogP contribution in [-0.4, -0.2) is 22.6 Å². The first kappa shape index (κ1) is 10.4. The Morgan fingerprint density at radius 1 is 1.44 bits per heavy atom. The van der Waals surface area contributed by atoms with Crippen LogP contribution in [0, 0.1) is 0 Å². The summed E-state index contributed by atoms with van der Waals surface area (Å²) in [7, 11) is 3.19. The van der Waals surface area contributed by atoms with Gasteiger partial charge in [0.1, 0.15) is 5.69 Å². The molecule has 2 rings (SSSR count). The van der Waals surface area contributed by atoms with Gasteiger partial charge >= 0.3 is 5.97 Å². The topological polar surface area (TPSA) is 44.1 Å². The molecule has 0 aliphatic rings. The highest BCUT2D eigenvalue weighted by atomic mass is 16.5. The second-order valence-electron chi connectivity index (χ2n) is 3.46. The van der Waals surface area contributed by atoms with Crippen LogP contribution in [0.2, 0.25) is 0 Å². The lowest BCUT2D eigenvalue weighted by atomic mass is 10.1. The monoisotopic (exact) mass is 216 g/mol. The third kappa shape index (κ3) is 1.82. The molecule has 0 amide bonds. The predicted molar refractivity (Wildman–Crippen MR) is 60.0 cm³/mol. The Morgan fingerprint density at radius 3 is 2.88 bits per heavy atom. The highest BCUT2D eigenvalue weighted by molar-refractivity contribution is 5.89. The number of nitrogens with zero attached hydrogens (tertiary/aromatic N) is 2. The van der Waals surface area contributed by atoms with Gasteiger partial charge in [-0.25, -0.2) is 4.79 Å². The molecule has 0 aromatic carbocycles. The lowest BCUT2D eigenvalue weighted by Gasteiger charge is -1.98. The lowest BCUT2D eigenvalue weighted by molar-refractivity contribution is 0.0590. The fourth-order valence-electron chi connectivity index (χ4n) is 1.56. The predicted octanol–water partition coefficient (Wildman–Crippen LogP) is 1.87. The zero-order valence-electron chi connectivity index (χ0n) is 9.18. The van der Waals surface area contributed by atoms with Gasteiger partial charge in [0.05, 0.1) is 7.11 Å². The molecule has 0 saturated carbocycles. The maximum Gasteiger partial charge on any atom is 0.354 e. The van der Waals surface area contributed by atoms with Crippen molar-refractivity contribution in [3.8, 4) is 11.1 Å². The summed E-state index contributed by atoms with van der Waals surface area (Å²) in [5, 5.41) is 0. The Labute approximate surface area is 93.5 Å². The van der Waals surface area contributed by atoms with Crippen molar-refractivity contribution in [1.82, 2.24) is 9.55 Å². The van der Waals surface area contributed by atoms with Crippen LogP contribution in [0.5, 0.6) is 0 Å². The number of esters is 1. The second-order valence-corrected chi connectivity index (χ2v) is 3.46. The van der Waals surface area contributed by atoms with Crippen LogP contribution >= 0.6 is 0 Å². The summed E-state index contributed by atoms with van der Waals surface area (Å²) in [6, 6.07) is 5.60. The first-order chi connectivity index (χ1) is 7.72. The maximum atomic E-state index is 11.4. The number of carbonyl (C=O) groups excluding carboxylic acids is 1. The van der Waals surface area contributed by atoms with Gasteiger partial charge in [-0.05, 0) is 12.1 Å². The minimum Gasteiger partial charge on any atom is -0.464 e. The fourth-order valence-corrected chi connectivity index (χ4v) is 1.56. The van der Waals surface area contributed by atoms with Gasteiger partial charge in [-0.1, -0.05) is 6.07 Å². The highest BCUT2D eigenvalue weighted by Gasteiger charge is 2.12. The maximum absolute atomic E-state index is 11.4. The van der Waals surface area contributed by atoms with Crippen molar-refractivity contribution in [2.45, 2.75) is 0 Å². The third-order valence-electron chi connectivity index (χ3n) is 2.39. The molecule has 82 valence electrons. The second kappa shape index (κ2) is 4.18. The van der Waals surface area contributed by atoms with Gasteiger partial charge < -0.3 is 9.30 Å².